The molecule has 0 fully saturated rings. The lowest BCUT2D eigenvalue weighted by Gasteiger charge is -2.39. The third-order valence-corrected chi connectivity index (χ3v) is 7.04. The minimum Gasteiger partial charge on any atom is -0.363 e. The molecule has 2 N–H and O–H groups in total. The maximum Gasteiger partial charge on any atom is 0.224 e. The van der Waals surface area contributed by atoms with E-state index in [0.717, 1.165) is 40.9 Å². The molecule has 4 rings (SSSR count). The smallest absolute Gasteiger partial charge is 0.224 e. The summed E-state index contributed by atoms with van der Waals surface area (Å²) in [5.74, 6) is 0.769. The molecule has 2 aromatic carbocycles. The van der Waals surface area contributed by atoms with Crippen molar-refractivity contribution in [3.8, 4) is 17.2 Å². The quantitative estimate of drug-likeness (QED) is 0.427. The summed E-state index contributed by atoms with van der Waals surface area (Å²) in [6.07, 6.45) is 3.44. The van der Waals surface area contributed by atoms with Crippen LogP contribution in [0.25, 0.3) is 11.1 Å². The monoisotopic (exact) mass is 524 g/mol. The number of carbonyl (C=O) groups excluding carboxylic acids is 2. The van der Waals surface area contributed by atoms with Crippen molar-refractivity contribution in [3.05, 3.63) is 77.5 Å². The van der Waals surface area contributed by atoms with Gasteiger partial charge in [-0.15, -0.1) is 0 Å². The van der Waals surface area contributed by atoms with E-state index in [1.807, 2.05) is 36.0 Å². The minimum atomic E-state index is -0.0451. The SMILES string of the molecule is CC(=O)N1c2ccc(-c3ccc(CCC(=O)NCCN(C)C)cc3)cc2[C@H](Nc2ccc(C#N)cn2)C[C@@H]1C. The first-order chi connectivity index (χ1) is 18.7. The first-order valence-corrected chi connectivity index (χ1v) is 13.3. The molecule has 0 spiro atoms. The van der Waals surface area contributed by atoms with Crippen LogP contribution in [0.5, 0.6) is 0 Å². The van der Waals surface area contributed by atoms with Crippen molar-refractivity contribution in [1.29, 1.82) is 5.26 Å². The third-order valence-electron chi connectivity index (χ3n) is 7.04. The number of aromatic nitrogens is 1. The molecule has 39 heavy (non-hydrogen) atoms. The van der Waals surface area contributed by atoms with Gasteiger partial charge in [0.2, 0.25) is 11.8 Å². The molecular weight excluding hydrogens is 488 g/mol. The zero-order chi connectivity index (χ0) is 27.9. The highest BCUT2D eigenvalue weighted by atomic mass is 16.2. The number of anilines is 2. The number of nitriles is 1. The van der Waals surface area contributed by atoms with Crippen LogP contribution < -0.4 is 15.5 Å². The van der Waals surface area contributed by atoms with Crippen LogP contribution in [0.15, 0.2) is 60.8 Å². The molecule has 0 unspecified atom stereocenters. The molecule has 0 saturated heterocycles. The maximum absolute atomic E-state index is 12.5. The van der Waals surface area contributed by atoms with Gasteiger partial charge in [-0.3, -0.25) is 9.59 Å². The number of likely N-dealkylation sites (N-methyl/N-ethyl adjacent to an activating group) is 1. The lowest BCUT2D eigenvalue weighted by atomic mass is 9.89. The fourth-order valence-corrected chi connectivity index (χ4v) is 5.01. The van der Waals surface area contributed by atoms with Gasteiger partial charge < -0.3 is 20.4 Å². The summed E-state index contributed by atoms with van der Waals surface area (Å²) in [4.78, 5) is 33.0. The van der Waals surface area contributed by atoms with Crippen LogP contribution in [-0.4, -0.2) is 54.9 Å². The molecular formula is C31H36N6O2. The van der Waals surface area contributed by atoms with E-state index in [1.54, 1.807) is 19.2 Å². The molecule has 1 aliphatic rings. The van der Waals surface area contributed by atoms with Gasteiger partial charge in [-0.2, -0.15) is 5.26 Å². The number of nitrogens with zero attached hydrogens (tertiary/aromatic N) is 4. The first-order valence-electron chi connectivity index (χ1n) is 13.3. The van der Waals surface area contributed by atoms with Gasteiger partial charge >= 0.3 is 0 Å². The highest BCUT2D eigenvalue weighted by molar-refractivity contribution is 5.94. The van der Waals surface area contributed by atoms with Crippen molar-refractivity contribution < 1.29 is 9.59 Å². The topological polar surface area (TPSA) is 101 Å². The van der Waals surface area contributed by atoms with Gasteiger partial charge in [-0.1, -0.05) is 30.3 Å². The van der Waals surface area contributed by atoms with Crippen molar-refractivity contribution >= 4 is 23.3 Å². The van der Waals surface area contributed by atoms with Crippen molar-refractivity contribution in [1.82, 2.24) is 15.2 Å². The standard InChI is InChI=1S/C31H36N6O2/c1-21-17-28(35-30-13-7-24(19-32)20-34-30)27-18-26(11-12-29(27)37(21)22(2)38)25-9-5-23(6-10-25)8-14-31(39)33-15-16-36(3)4/h5-7,9-13,18,20-21,28H,8,14-17H2,1-4H3,(H,33,39)(H,34,35)/t21-,28+/m0/s1. The van der Waals surface area contributed by atoms with Crippen molar-refractivity contribution in [2.45, 2.75) is 45.2 Å². The number of benzene rings is 2. The molecule has 8 nitrogen and oxygen atoms in total. The van der Waals surface area contributed by atoms with Gasteiger partial charge in [-0.05, 0) is 80.4 Å². The largest absolute Gasteiger partial charge is 0.363 e. The van der Waals surface area contributed by atoms with Gasteiger partial charge in [0.15, 0.2) is 0 Å². The number of pyridine rings is 1. The second-order valence-corrected chi connectivity index (χ2v) is 10.3. The highest BCUT2D eigenvalue weighted by Gasteiger charge is 2.32. The van der Waals surface area contributed by atoms with Crippen LogP contribution >= 0.6 is 0 Å². The summed E-state index contributed by atoms with van der Waals surface area (Å²) < 4.78 is 0. The molecule has 0 bridgehead atoms. The number of fused-ring (bicyclic) bond motifs is 1. The molecule has 2 atom stereocenters. The Labute approximate surface area is 230 Å². The second-order valence-electron chi connectivity index (χ2n) is 10.3. The molecule has 0 radical (unpaired) electrons. The van der Waals surface area contributed by atoms with Crippen molar-refractivity contribution in [2.24, 2.45) is 0 Å². The molecule has 3 aromatic rings. The van der Waals surface area contributed by atoms with E-state index in [2.05, 4.69) is 65.0 Å². The molecule has 0 aliphatic carbocycles. The van der Waals surface area contributed by atoms with Crippen LogP contribution in [-0.2, 0) is 16.0 Å². The van der Waals surface area contributed by atoms with E-state index < -0.39 is 0 Å². The molecule has 0 saturated carbocycles. The van der Waals surface area contributed by atoms with Crippen LogP contribution in [0.1, 0.15) is 49.4 Å². The number of hydrogen-bond donors (Lipinski definition) is 2. The Hall–Kier alpha value is -4.22. The van der Waals surface area contributed by atoms with Crippen molar-refractivity contribution in [2.75, 3.05) is 37.4 Å². The van der Waals surface area contributed by atoms with Crippen LogP contribution in [0, 0.1) is 11.3 Å². The second kappa shape index (κ2) is 12.5. The summed E-state index contributed by atoms with van der Waals surface area (Å²) in [6, 6.07) is 20.2. The van der Waals surface area contributed by atoms with Crippen molar-refractivity contribution in [3.63, 3.8) is 0 Å². The molecule has 1 aromatic heterocycles. The number of hydrogen-bond acceptors (Lipinski definition) is 6. The predicted octanol–water partition coefficient (Wildman–Crippen LogP) is 4.53. The number of aryl methyl sites for hydroxylation is 1. The number of nitrogens with one attached hydrogen (secondary N) is 2. The van der Waals surface area contributed by atoms with E-state index in [4.69, 9.17) is 5.26 Å². The van der Waals surface area contributed by atoms with Crippen LogP contribution in [0.2, 0.25) is 0 Å². The fraction of sp³-hybridized carbons (Fsp3) is 0.355. The summed E-state index contributed by atoms with van der Waals surface area (Å²) in [7, 11) is 3.97. The average Bonchev–Trinajstić information content (AvgIpc) is 2.92. The Kier molecular flexibility index (Phi) is 8.95. The van der Waals surface area contributed by atoms with Crippen LogP contribution in [0.3, 0.4) is 0 Å². The predicted molar refractivity (Wildman–Crippen MR) is 154 cm³/mol. The Morgan fingerprint density at radius 3 is 2.49 bits per heavy atom. The molecule has 202 valence electrons. The van der Waals surface area contributed by atoms with E-state index in [0.29, 0.717) is 30.8 Å². The number of rotatable bonds is 9. The van der Waals surface area contributed by atoms with E-state index in [-0.39, 0.29) is 23.9 Å². The Balaban J connectivity index is 1.52. The van der Waals surface area contributed by atoms with E-state index >= 15 is 0 Å². The minimum absolute atomic E-state index is 0.0153. The van der Waals surface area contributed by atoms with Gasteiger partial charge in [0.1, 0.15) is 11.9 Å². The lowest BCUT2D eigenvalue weighted by Crippen LogP contribution is -2.43. The van der Waals surface area contributed by atoms with Crippen LogP contribution in [0.4, 0.5) is 11.5 Å². The Morgan fingerprint density at radius 2 is 1.85 bits per heavy atom. The van der Waals surface area contributed by atoms with Gasteiger partial charge in [0.05, 0.1) is 11.6 Å². The van der Waals surface area contributed by atoms with Gasteiger partial charge in [-0.25, -0.2) is 4.98 Å². The molecule has 8 heteroatoms. The zero-order valence-corrected chi connectivity index (χ0v) is 23.1. The number of carbonyl (C=O) groups is 2. The Morgan fingerprint density at radius 1 is 1.10 bits per heavy atom. The number of amides is 2. The van der Waals surface area contributed by atoms with E-state index in [9.17, 15) is 9.59 Å². The molecule has 2 heterocycles. The summed E-state index contributed by atoms with van der Waals surface area (Å²) in [6.45, 7) is 5.14. The summed E-state index contributed by atoms with van der Waals surface area (Å²) in [5, 5.41) is 15.6. The molecule has 1 aliphatic heterocycles. The normalized spacial score (nSPS) is 16.4. The Bertz CT molecular complexity index is 1340. The third kappa shape index (κ3) is 7.01. The lowest BCUT2D eigenvalue weighted by molar-refractivity contribution is -0.121. The zero-order valence-electron chi connectivity index (χ0n) is 23.1. The van der Waals surface area contributed by atoms with Gasteiger partial charge in [0, 0.05) is 44.4 Å². The fourth-order valence-electron chi connectivity index (χ4n) is 5.01. The highest BCUT2D eigenvalue weighted by Crippen LogP contribution is 2.41. The maximum atomic E-state index is 12.5. The summed E-state index contributed by atoms with van der Waals surface area (Å²) >= 11 is 0. The van der Waals surface area contributed by atoms with E-state index in [1.165, 1.54) is 0 Å². The first kappa shape index (κ1) is 27.8. The van der Waals surface area contributed by atoms with Gasteiger partial charge in [0.25, 0.3) is 0 Å². The average molecular weight is 525 g/mol. The molecule has 2 amide bonds. The summed E-state index contributed by atoms with van der Waals surface area (Å²) in [5.41, 5.74) is 5.68.